The van der Waals surface area contributed by atoms with Gasteiger partial charge in [0, 0.05) is 18.1 Å². The Morgan fingerprint density at radius 3 is 2.53 bits per heavy atom. The van der Waals surface area contributed by atoms with Crippen molar-refractivity contribution in [3.05, 3.63) is 35.4 Å². The van der Waals surface area contributed by atoms with Crippen molar-refractivity contribution >= 4 is 0 Å². The topological polar surface area (TPSA) is 29.5 Å². The maximum atomic E-state index is 13.5. The Morgan fingerprint density at radius 1 is 1.33 bits per heavy atom. The summed E-state index contributed by atoms with van der Waals surface area (Å²) in [5.41, 5.74) is -0.0313. The molecule has 1 N–H and O–H groups in total. The number of halogens is 2. The first-order valence-electron chi connectivity index (χ1n) is 4.82. The number of aliphatic hydroxyl groups excluding tert-OH is 1. The van der Waals surface area contributed by atoms with E-state index >= 15 is 0 Å². The standard InChI is InChI=1S/C11H12F2O2/c12-8-1-2-9(10(13)5-8)11(3-4-14)6-15-7-11/h1-2,5,14H,3-4,6-7H2. The summed E-state index contributed by atoms with van der Waals surface area (Å²) in [5.74, 6) is -1.15. The normalized spacial score (nSPS) is 18.6. The van der Waals surface area contributed by atoms with Crippen LogP contribution in [-0.2, 0) is 10.2 Å². The average molecular weight is 214 g/mol. The summed E-state index contributed by atoms with van der Waals surface area (Å²) in [6.45, 7) is 0.742. The first kappa shape index (κ1) is 10.5. The molecule has 1 heterocycles. The largest absolute Gasteiger partial charge is 0.396 e. The van der Waals surface area contributed by atoms with Gasteiger partial charge in [0.2, 0.25) is 0 Å². The van der Waals surface area contributed by atoms with E-state index in [9.17, 15) is 8.78 Å². The zero-order chi connectivity index (χ0) is 10.9. The van der Waals surface area contributed by atoms with Crippen LogP contribution >= 0.6 is 0 Å². The number of ether oxygens (including phenoxy) is 1. The fourth-order valence-corrected chi connectivity index (χ4v) is 1.92. The van der Waals surface area contributed by atoms with Crippen molar-refractivity contribution in [1.29, 1.82) is 0 Å². The molecule has 0 amide bonds. The minimum atomic E-state index is -0.587. The summed E-state index contributed by atoms with van der Waals surface area (Å²) in [5, 5.41) is 8.92. The lowest BCUT2D eigenvalue weighted by atomic mass is 9.76. The number of hydrogen-bond donors (Lipinski definition) is 1. The van der Waals surface area contributed by atoms with Gasteiger partial charge in [0.25, 0.3) is 0 Å². The van der Waals surface area contributed by atoms with E-state index in [1.165, 1.54) is 12.1 Å². The summed E-state index contributed by atoms with van der Waals surface area (Å²) in [6, 6.07) is 3.53. The quantitative estimate of drug-likeness (QED) is 0.828. The van der Waals surface area contributed by atoms with Crippen LogP contribution in [0.4, 0.5) is 8.78 Å². The molecule has 1 aromatic carbocycles. The van der Waals surface area contributed by atoms with Gasteiger partial charge in [-0.25, -0.2) is 8.78 Å². The summed E-state index contributed by atoms with van der Waals surface area (Å²) in [7, 11) is 0. The SMILES string of the molecule is OCCC1(c2ccc(F)cc2F)COC1. The predicted molar refractivity (Wildman–Crippen MR) is 50.6 cm³/mol. The third-order valence-electron chi connectivity index (χ3n) is 2.85. The van der Waals surface area contributed by atoms with Crippen molar-refractivity contribution in [3.63, 3.8) is 0 Å². The smallest absolute Gasteiger partial charge is 0.130 e. The van der Waals surface area contributed by atoms with Crippen LogP contribution in [0.2, 0.25) is 0 Å². The van der Waals surface area contributed by atoms with Crippen LogP contribution in [0, 0.1) is 11.6 Å². The lowest BCUT2D eigenvalue weighted by Gasteiger charge is -2.41. The highest BCUT2D eigenvalue weighted by Crippen LogP contribution is 2.37. The molecular formula is C11H12F2O2. The highest BCUT2D eigenvalue weighted by molar-refractivity contribution is 5.30. The molecule has 1 aromatic rings. The minimum absolute atomic E-state index is 0.0276. The fraction of sp³-hybridized carbons (Fsp3) is 0.455. The van der Waals surface area contributed by atoms with Gasteiger partial charge < -0.3 is 9.84 Å². The molecule has 1 saturated heterocycles. The third kappa shape index (κ3) is 1.75. The van der Waals surface area contributed by atoms with Crippen molar-refractivity contribution in [1.82, 2.24) is 0 Å². The van der Waals surface area contributed by atoms with Gasteiger partial charge in [0.1, 0.15) is 11.6 Å². The molecule has 0 aromatic heterocycles. The highest BCUT2D eigenvalue weighted by atomic mass is 19.1. The molecule has 1 aliphatic heterocycles. The molecule has 0 radical (unpaired) electrons. The van der Waals surface area contributed by atoms with Crippen molar-refractivity contribution in [3.8, 4) is 0 Å². The van der Waals surface area contributed by atoms with Crippen LogP contribution in [0.3, 0.4) is 0 Å². The molecule has 0 spiro atoms. The van der Waals surface area contributed by atoms with Crippen molar-refractivity contribution in [2.75, 3.05) is 19.8 Å². The second-order valence-electron chi connectivity index (χ2n) is 3.87. The lowest BCUT2D eigenvalue weighted by Crippen LogP contribution is -2.48. The number of rotatable bonds is 3. The Morgan fingerprint density at radius 2 is 2.07 bits per heavy atom. The monoisotopic (exact) mass is 214 g/mol. The van der Waals surface area contributed by atoms with E-state index in [1.807, 2.05) is 0 Å². The molecule has 0 bridgehead atoms. The predicted octanol–water partition coefficient (Wildman–Crippen LogP) is 1.62. The summed E-state index contributed by atoms with van der Waals surface area (Å²) < 4.78 is 31.3. The van der Waals surface area contributed by atoms with Crippen LogP contribution < -0.4 is 0 Å². The van der Waals surface area contributed by atoms with Gasteiger partial charge in [-0.1, -0.05) is 6.07 Å². The van der Waals surface area contributed by atoms with Gasteiger partial charge in [0.15, 0.2) is 0 Å². The Balaban J connectivity index is 2.34. The summed E-state index contributed by atoms with van der Waals surface area (Å²) >= 11 is 0. The molecule has 4 heteroatoms. The second kappa shape index (κ2) is 3.87. The second-order valence-corrected chi connectivity index (χ2v) is 3.87. The van der Waals surface area contributed by atoms with Crippen LogP contribution in [-0.4, -0.2) is 24.9 Å². The zero-order valence-electron chi connectivity index (χ0n) is 8.17. The van der Waals surface area contributed by atoms with E-state index in [2.05, 4.69) is 0 Å². The molecule has 2 rings (SSSR count). The summed E-state index contributed by atoms with van der Waals surface area (Å²) in [6.07, 6.45) is 0.440. The Hall–Kier alpha value is -1.00. The lowest BCUT2D eigenvalue weighted by molar-refractivity contribution is -0.0716. The fourth-order valence-electron chi connectivity index (χ4n) is 1.92. The van der Waals surface area contributed by atoms with Crippen LogP contribution in [0.25, 0.3) is 0 Å². The molecule has 2 nitrogen and oxygen atoms in total. The van der Waals surface area contributed by atoms with Gasteiger partial charge in [-0.05, 0) is 18.1 Å². The summed E-state index contributed by atoms with van der Waals surface area (Å²) in [4.78, 5) is 0. The maximum absolute atomic E-state index is 13.5. The zero-order valence-corrected chi connectivity index (χ0v) is 8.17. The van der Waals surface area contributed by atoms with Crippen LogP contribution in [0.15, 0.2) is 18.2 Å². The van der Waals surface area contributed by atoms with Crippen LogP contribution in [0.5, 0.6) is 0 Å². The molecular weight excluding hydrogens is 202 g/mol. The van der Waals surface area contributed by atoms with E-state index in [4.69, 9.17) is 9.84 Å². The van der Waals surface area contributed by atoms with Gasteiger partial charge in [-0.15, -0.1) is 0 Å². The van der Waals surface area contributed by atoms with Crippen molar-refractivity contribution in [2.45, 2.75) is 11.8 Å². The van der Waals surface area contributed by atoms with Crippen molar-refractivity contribution < 1.29 is 18.6 Å². The first-order valence-corrected chi connectivity index (χ1v) is 4.82. The molecule has 1 aliphatic rings. The Kier molecular flexibility index (Phi) is 2.71. The number of aliphatic hydroxyl groups is 1. The first-order chi connectivity index (χ1) is 7.18. The third-order valence-corrected chi connectivity index (χ3v) is 2.85. The molecule has 0 unspecified atom stereocenters. The van der Waals surface area contributed by atoms with Gasteiger partial charge in [-0.2, -0.15) is 0 Å². The number of benzene rings is 1. The molecule has 0 saturated carbocycles. The maximum Gasteiger partial charge on any atom is 0.130 e. The van der Waals surface area contributed by atoms with E-state index in [0.29, 0.717) is 25.2 Å². The Bertz CT molecular complexity index is 362. The van der Waals surface area contributed by atoms with E-state index in [0.717, 1.165) is 6.07 Å². The molecule has 0 aliphatic carbocycles. The van der Waals surface area contributed by atoms with E-state index < -0.39 is 17.0 Å². The molecule has 15 heavy (non-hydrogen) atoms. The minimum Gasteiger partial charge on any atom is -0.396 e. The van der Waals surface area contributed by atoms with Gasteiger partial charge in [-0.3, -0.25) is 0 Å². The Labute approximate surface area is 86.5 Å². The van der Waals surface area contributed by atoms with Gasteiger partial charge in [0.05, 0.1) is 13.2 Å². The van der Waals surface area contributed by atoms with Gasteiger partial charge >= 0.3 is 0 Å². The molecule has 1 fully saturated rings. The van der Waals surface area contributed by atoms with Crippen LogP contribution in [0.1, 0.15) is 12.0 Å². The molecule has 82 valence electrons. The van der Waals surface area contributed by atoms with E-state index in [-0.39, 0.29) is 6.61 Å². The average Bonchev–Trinajstić information content (AvgIpc) is 2.12. The highest BCUT2D eigenvalue weighted by Gasteiger charge is 2.41. The number of hydrogen-bond acceptors (Lipinski definition) is 2. The van der Waals surface area contributed by atoms with Crippen molar-refractivity contribution in [2.24, 2.45) is 0 Å². The van der Waals surface area contributed by atoms with E-state index in [1.54, 1.807) is 0 Å². The molecule has 0 atom stereocenters.